The van der Waals surface area contributed by atoms with Gasteiger partial charge in [0.15, 0.2) is 0 Å². The van der Waals surface area contributed by atoms with Crippen LogP contribution >= 0.6 is 0 Å². The lowest BCUT2D eigenvalue weighted by molar-refractivity contribution is 0.379. The molecule has 0 aromatic carbocycles. The van der Waals surface area contributed by atoms with E-state index in [-0.39, 0.29) is 0 Å². The lowest BCUT2D eigenvalue weighted by atomic mass is 10.3. The normalized spacial score (nSPS) is 19.4. The van der Waals surface area contributed by atoms with Crippen molar-refractivity contribution in [2.75, 3.05) is 6.54 Å². The topological polar surface area (TPSA) is 15.6 Å². The molecule has 0 saturated heterocycles. The van der Waals surface area contributed by atoms with Crippen LogP contribution in [0.2, 0.25) is 0 Å². The average molecular weight is 124 g/mol. The van der Waals surface area contributed by atoms with Crippen LogP contribution in [0.15, 0.2) is 17.4 Å². The molecule has 0 aromatic heterocycles. The molecule has 1 heterocycles. The molecular weight excluding hydrogens is 112 g/mol. The highest BCUT2D eigenvalue weighted by atomic mass is 15.4. The SMILES string of the molecule is C/C=C/N1CCCC=N1. The van der Waals surface area contributed by atoms with E-state index >= 15 is 0 Å². The number of hydrogen-bond acceptors (Lipinski definition) is 2. The molecule has 0 radical (unpaired) electrons. The summed E-state index contributed by atoms with van der Waals surface area (Å²) in [6.45, 7) is 3.07. The molecule has 0 aromatic rings. The highest BCUT2D eigenvalue weighted by Gasteiger charge is 1.98. The van der Waals surface area contributed by atoms with Crippen molar-refractivity contribution < 1.29 is 0 Å². The number of nitrogens with zero attached hydrogens (tertiary/aromatic N) is 2. The molecule has 1 rings (SSSR count). The first-order chi connectivity index (χ1) is 4.43. The standard InChI is InChI=1S/C7H12N2/c1-2-6-9-7-4-3-5-8-9/h2,5-6H,3-4,7H2,1H3/b6-2+. The Morgan fingerprint density at radius 3 is 3.11 bits per heavy atom. The quantitative estimate of drug-likeness (QED) is 0.518. The molecule has 2 nitrogen and oxygen atoms in total. The summed E-state index contributed by atoms with van der Waals surface area (Å²) in [4.78, 5) is 0. The first-order valence-electron chi connectivity index (χ1n) is 3.35. The Morgan fingerprint density at radius 1 is 1.67 bits per heavy atom. The number of allylic oxidation sites excluding steroid dienone is 1. The Kier molecular flexibility index (Phi) is 2.31. The van der Waals surface area contributed by atoms with E-state index in [4.69, 9.17) is 0 Å². The van der Waals surface area contributed by atoms with Gasteiger partial charge in [0.2, 0.25) is 0 Å². The van der Waals surface area contributed by atoms with Crippen molar-refractivity contribution in [2.45, 2.75) is 19.8 Å². The minimum atomic E-state index is 1.07. The predicted molar refractivity (Wildman–Crippen MR) is 39.2 cm³/mol. The maximum atomic E-state index is 4.14. The summed E-state index contributed by atoms with van der Waals surface area (Å²) in [5.41, 5.74) is 0. The molecule has 2 heteroatoms. The van der Waals surface area contributed by atoms with Gasteiger partial charge in [-0.15, -0.1) is 0 Å². The van der Waals surface area contributed by atoms with Gasteiger partial charge in [-0.1, -0.05) is 6.08 Å². The molecule has 1 aliphatic heterocycles. The molecule has 0 saturated carbocycles. The first-order valence-corrected chi connectivity index (χ1v) is 3.35. The molecule has 0 N–H and O–H groups in total. The van der Waals surface area contributed by atoms with Crippen molar-refractivity contribution >= 4 is 6.21 Å². The summed E-state index contributed by atoms with van der Waals surface area (Å²) in [7, 11) is 0. The van der Waals surface area contributed by atoms with Gasteiger partial charge >= 0.3 is 0 Å². The monoisotopic (exact) mass is 124 g/mol. The van der Waals surface area contributed by atoms with Crippen LogP contribution in [0.4, 0.5) is 0 Å². The van der Waals surface area contributed by atoms with Gasteiger partial charge in [0.25, 0.3) is 0 Å². The van der Waals surface area contributed by atoms with Crippen LogP contribution in [0, 0.1) is 0 Å². The van der Waals surface area contributed by atoms with Crippen LogP contribution in [0.1, 0.15) is 19.8 Å². The molecule has 0 atom stereocenters. The average Bonchev–Trinajstić information content (AvgIpc) is 1.91. The third-order valence-corrected chi connectivity index (χ3v) is 1.27. The zero-order valence-electron chi connectivity index (χ0n) is 5.75. The van der Waals surface area contributed by atoms with Crippen LogP contribution in [0.3, 0.4) is 0 Å². The van der Waals surface area contributed by atoms with E-state index in [0.29, 0.717) is 0 Å². The van der Waals surface area contributed by atoms with Gasteiger partial charge < -0.3 is 0 Å². The Labute approximate surface area is 55.9 Å². The zero-order chi connectivity index (χ0) is 6.53. The second-order valence-electron chi connectivity index (χ2n) is 2.09. The second kappa shape index (κ2) is 3.28. The van der Waals surface area contributed by atoms with Crippen LogP contribution < -0.4 is 0 Å². The Hall–Kier alpha value is -0.790. The molecule has 9 heavy (non-hydrogen) atoms. The van der Waals surface area contributed by atoms with E-state index in [2.05, 4.69) is 5.10 Å². The molecule has 1 aliphatic rings. The fourth-order valence-corrected chi connectivity index (χ4v) is 0.850. The molecule has 0 aliphatic carbocycles. The maximum Gasteiger partial charge on any atom is 0.0412 e. The fourth-order valence-electron chi connectivity index (χ4n) is 0.850. The van der Waals surface area contributed by atoms with Gasteiger partial charge in [-0.05, 0) is 19.8 Å². The van der Waals surface area contributed by atoms with Crippen molar-refractivity contribution in [3.05, 3.63) is 12.3 Å². The maximum absolute atomic E-state index is 4.14. The third-order valence-electron chi connectivity index (χ3n) is 1.27. The highest BCUT2D eigenvalue weighted by molar-refractivity contribution is 5.57. The van der Waals surface area contributed by atoms with Gasteiger partial charge in [-0.3, -0.25) is 5.01 Å². The van der Waals surface area contributed by atoms with Crippen molar-refractivity contribution in [2.24, 2.45) is 5.10 Å². The summed E-state index contributed by atoms with van der Waals surface area (Å²) in [5, 5.41) is 6.10. The highest BCUT2D eigenvalue weighted by Crippen LogP contribution is 2.01. The predicted octanol–water partition coefficient (Wildman–Crippen LogP) is 1.60. The first kappa shape index (κ1) is 6.33. The van der Waals surface area contributed by atoms with Gasteiger partial charge in [0.05, 0.1) is 0 Å². The van der Waals surface area contributed by atoms with Crippen molar-refractivity contribution in [1.82, 2.24) is 5.01 Å². The van der Waals surface area contributed by atoms with Crippen LogP contribution in [-0.2, 0) is 0 Å². The van der Waals surface area contributed by atoms with Crippen molar-refractivity contribution in [3.8, 4) is 0 Å². The minimum Gasteiger partial charge on any atom is -0.273 e. The molecule has 0 amide bonds. The summed E-state index contributed by atoms with van der Waals surface area (Å²) >= 11 is 0. The number of hydrogen-bond donors (Lipinski definition) is 0. The molecular formula is C7H12N2. The lowest BCUT2D eigenvalue weighted by Crippen LogP contribution is -2.15. The molecule has 0 spiro atoms. The molecule has 50 valence electrons. The minimum absolute atomic E-state index is 1.07. The van der Waals surface area contributed by atoms with E-state index in [9.17, 15) is 0 Å². The van der Waals surface area contributed by atoms with Gasteiger partial charge in [0.1, 0.15) is 0 Å². The molecule has 0 unspecified atom stereocenters. The Morgan fingerprint density at radius 2 is 2.56 bits per heavy atom. The van der Waals surface area contributed by atoms with Crippen molar-refractivity contribution in [3.63, 3.8) is 0 Å². The van der Waals surface area contributed by atoms with E-state index in [1.807, 2.05) is 30.4 Å². The number of rotatable bonds is 1. The van der Waals surface area contributed by atoms with Gasteiger partial charge in [0, 0.05) is 19.0 Å². The van der Waals surface area contributed by atoms with Crippen LogP contribution in [-0.4, -0.2) is 17.8 Å². The van der Waals surface area contributed by atoms with Crippen LogP contribution in [0.5, 0.6) is 0 Å². The van der Waals surface area contributed by atoms with Gasteiger partial charge in [-0.2, -0.15) is 5.10 Å². The zero-order valence-corrected chi connectivity index (χ0v) is 5.75. The van der Waals surface area contributed by atoms with E-state index in [1.54, 1.807) is 0 Å². The summed E-state index contributed by atoms with van der Waals surface area (Å²) in [5.74, 6) is 0. The number of hydrazone groups is 1. The van der Waals surface area contributed by atoms with E-state index < -0.39 is 0 Å². The summed E-state index contributed by atoms with van der Waals surface area (Å²) in [6.07, 6.45) is 8.32. The molecule has 0 bridgehead atoms. The summed E-state index contributed by atoms with van der Waals surface area (Å²) < 4.78 is 0. The van der Waals surface area contributed by atoms with E-state index in [1.165, 1.54) is 6.42 Å². The Balaban J connectivity index is 2.40. The Bertz CT molecular complexity index is 127. The van der Waals surface area contributed by atoms with E-state index in [0.717, 1.165) is 13.0 Å². The van der Waals surface area contributed by atoms with Crippen LogP contribution in [0.25, 0.3) is 0 Å². The summed E-state index contributed by atoms with van der Waals surface area (Å²) in [6, 6.07) is 0. The largest absolute Gasteiger partial charge is 0.273 e. The smallest absolute Gasteiger partial charge is 0.0412 e. The second-order valence-corrected chi connectivity index (χ2v) is 2.09. The third kappa shape index (κ3) is 1.88. The lowest BCUT2D eigenvalue weighted by Gasteiger charge is -2.16. The fraction of sp³-hybridized carbons (Fsp3) is 0.571. The van der Waals surface area contributed by atoms with Crippen molar-refractivity contribution in [1.29, 1.82) is 0 Å². The molecule has 0 fully saturated rings. The van der Waals surface area contributed by atoms with Gasteiger partial charge in [-0.25, -0.2) is 0 Å².